The van der Waals surface area contributed by atoms with E-state index in [0.717, 1.165) is 29.9 Å². The van der Waals surface area contributed by atoms with E-state index < -0.39 is 0 Å². The zero-order valence-electron chi connectivity index (χ0n) is 15.5. The van der Waals surface area contributed by atoms with Gasteiger partial charge in [0, 0.05) is 23.8 Å². The van der Waals surface area contributed by atoms with Crippen LogP contribution in [0.2, 0.25) is 5.02 Å². The average molecular weight is 397 g/mol. The molecule has 0 radical (unpaired) electrons. The third-order valence-corrected chi connectivity index (χ3v) is 5.58. The quantitative estimate of drug-likeness (QED) is 0.860. The molecule has 1 saturated heterocycles. The molecule has 5 nitrogen and oxygen atoms in total. The molecule has 2 aromatic rings. The van der Waals surface area contributed by atoms with Crippen LogP contribution in [0.5, 0.6) is 0 Å². The largest absolute Gasteiger partial charge is 0.338 e. The first-order valence-electron chi connectivity index (χ1n) is 8.61. The molecule has 2 N–H and O–H groups in total. The number of nitrogens with zero attached hydrogens (tertiary/aromatic N) is 3. The van der Waals surface area contributed by atoms with Crippen molar-refractivity contribution in [3.63, 3.8) is 0 Å². The molecule has 1 unspecified atom stereocenters. The van der Waals surface area contributed by atoms with Crippen LogP contribution in [0.4, 0.5) is 0 Å². The van der Waals surface area contributed by atoms with Crippen molar-refractivity contribution in [1.82, 2.24) is 14.7 Å². The summed E-state index contributed by atoms with van der Waals surface area (Å²) in [5, 5.41) is 5.29. The number of hydrogen-bond acceptors (Lipinski definition) is 3. The van der Waals surface area contributed by atoms with Gasteiger partial charge in [-0.05, 0) is 43.9 Å². The SMILES string of the molecule is Cc1nn(Cc2ccccc2Cl)c(C)c1C(=O)N1CCC(C)(CN)C1.Cl. The Hall–Kier alpha value is -1.56. The van der Waals surface area contributed by atoms with E-state index in [1.165, 1.54) is 0 Å². The lowest BCUT2D eigenvalue weighted by Crippen LogP contribution is -2.35. The minimum Gasteiger partial charge on any atom is -0.338 e. The van der Waals surface area contributed by atoms with Gasteiger partial charge < -0.3 is 10.6 Å². The fourth-order valence-corrected chi connectivity index (χ4v) is 3.67. The molecule has 2 heterocycles. The van der Waals surface area contributed by atoms with Gasteiger partial charge in [-0.3, -0.25) is 9.48 Å². The standard InChI is InChI=1S/C19H25ClN4O.ClH/c1-13-17(18(25)23-9-8-19(3,11-21)12-23)14(2)24(22-13)10-15-6-4-5-7-16(15)20;/h4-7H,8-12,21H2,1-3H3;1H. The molecule has 1 aliphatic heterocycles. The minimum atomic E-state index is 0. The number of halogens is 2. The second-order valence-corrected chi connectivity index (χ2v) is 7.69. The molecule has 26 heavy (non-hydrogen) atoms. The molecule has 0 bridgehead atoms. The van der Waals surface area contributed by atoms with E-state index >= 15 is 0 Å². The van der Waals surface area contributed by atoms with Gasteiger partial charge >= 0.3 is 0 Å². The van der Waals surface area contributed by atoms with E-state index in [1.807, 2.05) is 47.7 Å². The highest BCUT2D eigenvalue weighted by atomic mass is 35.5. The summed E-state index contributed by atoms with van der Waals surface area (Å²) in [6, 6.07) is 7.71. The fraction of sp³-hybridized carbons (Fsp3) is 0.474. The van der Waals surface area contributed by atoms with Crippen molar-refractivity contribution in [3.05, 3.63) is 51.8 Å². The molecule has 1 fully saturated rings. The van der Waals surface area contributed by atoms with Crippen molar-refractivity contribution in [2.24, 2.45) is 11.1 Å². The van der Waals surface area contributed by atoms with Gasteiger partial charge in [0.25, 0.3) is 5.91 Å². The van der Waals surface area contributed by atoms with Crippen LogP contribution in [-0.2, 0) is 6.54 Å². The highest BCUT2D eigenvalue weighted by molar-refractivity contribution is 6.31. The van der Waals surface area contributed by atoms with E-state index in [2.05, 4.69) is 12.0 Å². The van der Waals surface area contributed by atoms with Crippen LogP contribution in [0.1, 0.15) is 40.7 Å². The number of carbonyl (C=O) groups is 1. The third-order valence-electron chi connectivity index (χ3n) is 5.21. The topological polar surface area (TPSA) is 64.2 Å². The van der Waals surface area contributed by atoms with Crippen LogP contribution >= 0.6 is 24.0 Å². The van der Waals surface area contributed by atoms with Crippen molar-refractivity contribution in [2.45, 2.75) is 33.7 Å². The number of nitrogens with two attached hydrogens (primary N) is 1. The van der Waals surface area contributed by atoms with Gasteiger partial charge in [-0.1, -0.05) is 36.7 Å². The van der Waals surface area contributed by atoms with Crippen LogP contribution in [0.15, 0.2) is 24.3 Å². The van der Waals surface area contributed by atoms with Crippen LogP contribution in [-0.4, -0.2) is 40.2 Å². The molecule has 7 heteroatoms. The number of rotatable bonds is 4. The number of aryl methyl sites for hydroxylation is 1. The monoisotopic (exact) mass is 396 g/mol. The molecule has 0 spiro atoms. The average Bonchev–Trinajstić information content (AvgIpc) is 3.11. The van der Waals surface area contributed by atoms with Crippen molar-refractivity contribution >= 4 is 29.9 Å². The maximum absolute atomic E-state index is 13.0. The first kappa shape index (κ1) is 20.7. The lowest BCUT2D eigenvalue weighted by molar-refractivity contribution is 0.0775. The van der Waals surface area contributed by atoms with E-state index in [1.54, 1.807) is 0 Å². The molecule has 1 atom stereocenters. The molecule has 1 aromatic carbocycles. The van der Waals surface area contributed by atoms with Crippen molar-refractivity contribution in [1.29, 1.82) is 0 Å². The summed E-state index contributed by atoms with van der Waals surface area (Å²) < 4.78 is 1.86. The Labute approximate surface area is 165 Å². The van der Waals surface area contributed by atoms with E-state index in [4.69, 9.17) is 17.3 Å². The maximum atomic E-state index is 13.0. The van der Waals surface area contributed by atoms with Gasteiger partial charge in [0.15, 0.2) is 0 Å². The maximum Gasteiger partial charge on any atom is 0.257 e. The fourth-order valence-electron chi connectivity index (χ4n) is 3.47. The molecular formula is C19H26Cl2N4O. The lowest BCUT2D eigenvalue weighted by atomic mass is 9.90. The van der Waals surface area contributed by atoms with Gasteiger partial charge in [0.05, 0.1) is 17.8 Å². The summed E-state index contributed by atoms with van der Waals surface area (Å²) in [6.45, 7) is 8.59. The van der Waals surface area contributed by atoms with Crippen molar-refractivity contribution in [2.75, 3.05) is 19.6 Å². The Kier molecular flexibility index (Phi) is 6.37. The van der Waals surface area contributed by atoms with E-state index in [9.17, 15) is 4.79 Å². The van der Waals surface area contributed by atoms with Crippen LogP contribution in [0, 0.1) is 19.3 Å². The molecule has 0 aliphatic carbocycles. The summed E-state index contributed by atoms with van der Waals surface area (Å²) in [6.07, 6.45) is 0.946. The first-order chi connectivity index (χ1) is 11.8. The molecular weight excluding hydrogens is 371 g/mol. The predicted molar refractivity (Wildman–Crippen MR) is 107 cm³/mol. The number of aromatic nitrogens is 2. The summed E-state index contributed by atoms with van der Waals surface area (Å²) >= 11 is 6.26. The Morgan fingerprint density at radius 1 is 1.35 bits per heavy atom. The Balaban J connectivity index is 0.00000243. The lowest BCUT2D eigenvalue weighted by Gasteiger charge is -2.22. The Morgan fingerprint density at radius 3 is 2.65 bits per heavy atom. The van der Waals surface area contributed by atoms with Gasteiger partial charge in [-0.15, -0.1) is 12.4 Å². The van der Waals surface area contributed by atoms with Gasteiger partial charge in [-0.25, -0.2) is 0 Å². The summed E-state index contributed by atoms with van der Waals surface area (Å²) in [5.74, 6) is 0.0533. The van der Waals surface area contributed by atoms with Gasteiger partial charge in [-0.2, -0.15) is 5.10 Å². The van der Waals surface area contributed by atoms with Crippen LogP contribution < -0.4 is 5.73 Å². The van der Waals surface area contributed by atoms with Crippen molar-refractivity contribution in [3.8, 4) is 0 Å². The van der Waals surface area contributed by atoms with Crippen molar-refractivity contribution < 1.29 is 4.79 Å². The highest BCUT2D eigenvalue weighted by Crippen LogP contribution is 2.30. The number of amides is 1. The third kappa shape index (κ3) is 3.90. The predicted octanol–water partition coefficient (Wildman–Crippen LogP) is 3.43. The zero-order valence-corrected chi connectivity index (χ0v) is 17.0. The van der Waals surface area contributed by atoms with Crippen LogP contribution in [0.25, 0.3) is 0 Å². The van der Waals surface area contributed by atoms with Gasteiger partial charge in [0.1, 0.15) is 0 Å². The second-order valence-electron chi connectivity index (χ2n) is 7.29. The van der Waals surface area contributed by atoms with E-state index in [0.29, 0.717) is 30.2 Å². The Morgan fingerprint density at radius 2 is 2.04 bits per heavy atom. The molecule has 1 amide bonds. The number of carbonyl (C=O) groups excluding carboxylic acids is 1. The molecule has 1 aliphatic rings. The minimum absolute atomic E-state index is 0. The van der Waals surface area contributed by atoms with Gasteiger partial charge in [0.2, 0.25) is 0 Å². The summed E-state index contributed by atoms with van der Waals surface area (Å²) in [7, 11) is 0. The molecule has 0 saturated carbocycles. The summed E-state index contributed by atoms with van der Waals surface area (Å²) in [4.78, 5) is 14.9. The van der Waals surface area contributed by atoms with E-state index in [-0.39, 0.29) is 23.7 Å². The second kappa shape index (κ2) is 7.99. The first-order valence-corrected chi connectivity index (χ1v) is 8.99. The smallest absolute Gasteiger partial charge is 0.257 e. The zero-order chi connectivity index (χ0) is 18.2. The molecule has 142 valence electrons. The summed E-state index contributed by atoms with van der Waals surface area (Å²) in [5.41, 5.74) is 9.22. The number of likely N-dealkylation sites (tertiary alicyclic amines) is 1. The van der Waals surface area contributed by atoms with Crippen LogP contribution in [0.3, 0.4) is 0 Å². The molecule has 1 aromatic heterocycles. The Bertz CT molecular complexity index is 805. The normalized spacial score (nSPS) is 19.5. The number of hydrogen-bond donors (Lipinski definition) is 1. The molecule has 3 rings (SSSR count). The highest BCUT2D eigenvalue weighted by Gasteiger charge is 2.36. The number of benzene rings is 1.